The van der Waals surface area contributed by atoms with Crippen molar-refractivity contribution in [1.29, 1.82) is 0 Å². The van der Waals surface area contributed by atoms with Crippen LogP contribution in [0.3, 0.4) is 0 Å². The lowest BCUT2D eigenvalue weighted by Crippen LogP contribution is -2.32. The second-order valence-electron chi connectivity index (χ2n) is 4.63. The second-order valence-corrected chi connectivity index (χ2v) is 4.63. The molecule has 0 aliphatic carbocycles. The lowest BCUT2D eigenvalue weighted by atomic mass is 10.0. The number of benzene rings is 2. The fourth-order valence-electron chi connectivity index (χ4n) is 1.97. The van der Waals surface area contributed by atoms with E-state index in [0.717, 1.165) is 12.0 Å². The van der Waals surface area contributed by atoms with Crippen molar-refractivity contribution in [3.05, 3.63) is 71.3 Å². The highest BCUT2D eigenvalue weighted by molar-refractivity contribution is 5.73. The van der Waals surface area contributed by atoms with Gasteiger partial charge in [-0.2, -0.15) is 0 Å². The Balaban J connectivity index is 2.01. The molecule has 1 atom stereocenters. The number of hydrogen-bond donors (Lipinski definition) is 2. The fraction of sp³-hybridized carbons (Fsp3) is 0.188. The van der Waals surface area contributed by atoms with Gasteiger partial charge in [0.1, 0.15) is 6.04 Å². The average Bonchev–Trinajstić information content (AvgIpc) is 2.42. The molecule has 3 heteroatoms. The number of aliphatic carboxylic acids is 1. The Morgan fingerprint density at radius 1 is 0.947 bits per heavy atom. The Bertz CT molecular complexity index is 534. The normalized spacial score (nSPS) is 12.1. The van der Waals surface area contributed by atoms with Gasteiger partial charge in [-0.1, -0.05) is 54.6 Å². The van der Waals surface area contributed by atoms with Crippen LogP contribution in [0, 0.1) is 0 Å². The highest BCUT2D eigenvalue weighted by Crippen LogP contribution is 2.11. The predicted molar refractivity (Wildman–Crippen MR) is 75.0 cm³/mol. The Hall–Kier alpha value is -2.13. The molecule has 19 heavy (non-hydrogen) atoms. The van der Waals surface area contributed by atoms with E-state index < -0.39 is 12.0 Å². The fourth-order valence-corrected chi connectivity index (χ4v) is 1.97. The predicted octanol–water partition coefficient (Wildman–Crippen LogP) is 2.23. The van der Waals surface area contributed by atoms with Crippen LogP contribution in [-0.4, -0.2) is 17.1 Å². The van der Waals surface area contributed by atoms with Crippen molar-refractivity contribution in [3.8, 4) is 0 Å². The summed E-state index contributed by atoms with van der Waals surface area (Å²) in [5.41, 5.74) is 8.93. The van der Waals surface area contributed by atoms with Crippen molar-refractivity contribution in [2.75, 3.05) is 0 Å². The molecule has 0 saturated carbocycles. The van der Waals surface area contributed by atoms with Gasteiger partial charge in [0.2, 0.25) is 0 Å². The monoisotopic (exact) mass is 255 g/mol. The summed E-state index contributed by atoms with van der Waals surface area (Å²) in [6, 6.07) is 17.3. The molecular formula is C16H17NO2. The number of rotatable bonds is 5. The smallest absolute Gasteiger partial charge is 0.320 e. The van der Waals surface area contributed by atoms with Gasteiger partial charge in [0.25, 0.3) is 0 Å². The minimum atomic E-state index is -0.964. The number of carboxylic acids is 1. The maximum absolute atomic E-state index is 10.7. The molecule has 0 aliphatic rings. The molecule has 3 nitrogen and oxygen atoms in total. The van der Waals surface area contributed by atoms with Gasteiger partial charge in [0.05, 0.1) is 0 Å². The van der Waals surface area contributed by atoms with Crippen LogP contribution < -0.4 is 5.73 Å². The Kier molecular flexibility index (Phi) is 4.31. The summed E-state index contributed by atoms with van der Waals surface area (Å²) in [5, 5.41) is 8.77. The van der Waals surface area contributed by atoms with Crippen molar-refractivity contribution in [2.24, 2.45) is 5.73 Å². The molecule has 0 amide bonds. The van der Waals surface area contributed by atoms with Crippen LogP contribution in [0.2, 0.25) is 0 Å². The third-order valence-corrected chi connectivity index (χ3v) is 3.05. The van der Waals surface area contributed by atoms with E-state index in [-0.39, 0.29) is 0 Å². The number of carbonyl (C=O) groups is 1. The van der Waals surface area contributed by atoms with Crippen LogP contribution in [-0.2, 0) is 17.6 Å². The molecule has 0 spiro atoms. The summed E-state index contributed by atoms with van der Waals surface area (Å²) >= 11 is 0. The van der Waals surface area contributed by atoms with Crippen molar-refractivity contribution in [3.63, 3.8) is 0 Å². The van der Waals surface area contributed by atoms with Crippen LogP contribution in [0.15, 0.2) is 54.6 Å². The van der Waals surface area contributed by atoms with Gasteiger partial charge in [-0.15, -0.1) is 0 Å². The summed E-state index contributed by atoms with van der Waals surface area (Å²) in [6.45, 7) is 0. The standard InChI is InChI=1S/C16H17NO2/c17-15(16(18)19)11-14-8-6-13(7-9-14)10-12-4-2-1-3-5-12/h1-9,15H,10-11,17H2,(H,18,19). The summed E-state index contributed by atoms with van der Waals surface area (Å²) in [7, 11) is 0. The molecule has 1 unspecified atom stereocenters. The first-order valence-corrected chi connectivity index (χ1v) is 6.25. The molecule has 98 valence electrons. The highest BCUT2D eigenvalue weighted by atomic mass is 16.4. The Morgan fingerprint density at radius 3 is 2.05 bits per heavy atom. The molecule has 0 radical (unpaired) electrons. The van der Waals surface area contributed by atoms with Gasteiger partial charge in [-0.05, 0) is 29.5 Å². The third-order valence-electron chi connectivity index (χ3n) is 3.05. The lowest BCUT2D eigenvalue weighted by Gasteiger charge is -2.07. The molecule has 0 aliphatic heterocycles. The zero-order valence-electron chi connectivity index (χ0n) is 10.6. The molecule has 2 rings (SSSR count). The van der Waals surface area contributed by atoms with E-state index in [4.69, 9.17) is 10.8 Å². The van der Waals surface area contributed by atoms with Gasteiger partial charge < -0.3 is 10.8 Å². The zero-order chi connectivity index (χ0) is 13.7. The van der Waals surface area contributed by atoms with Crippen molar-refractivity contribution < 1.29 is 9.90 Å². The van der Waals surface area contributed by atoms with Gasteiger partial charge >= 0.3 is 5.97 Å². The van der Waals surface area contributed by atoms with E-state index in [2.05, 4.69) is 12.1 Å². The van der Waals surface area contributed by atoms with E-state index in [9.17, 15) is 4.79 Å². The van der Waals surface area contributed by atoms with Crippen LogP contribution in [0.25, 0.3) is 0 Å². The molecule has 3 N–H and O–H groups in total. The molecule has 0 aromatic heterocycles. The van der Waals surface area contributed by atoms with Gasteiger partial charge in [0, 0.05) is 0 Å². The first-order valence-electron chi connectivity index (χ1n) is 6.25. The molecule has 0 bridgehead atoms. The van der Waals surface area contributed by atoms with Gasteiger partial charge in [-0.3, -0.25) is 4.79 Å². The molecule has 0 fully saturated rings. The summed E-state index contributed by atoms with van der Waals surface area (Å²) in [6.07, 6.45) is 1.24. The van der Waals surface area contributed by atoms with E-state index >= 15 is 0 Å². The van der Waals surface area contributed by atoms with E-state index in [1.165, 1.54) is 11.1 Å². The average molecular weight is 255 g/mol. The highest BCUT2D eigenvalue weighted by Gasteiger charge is 2.11. The van der Waals surface area contributed by atoms with E-state index in [1.54, 1.807) is 0 Å². The minimum Gasteiger partial charge on any atom is -0.480 e. The van der Waals surface area contributed by atoms with Gasteiger partial charge in [0.15, 0.2) is 0 Å². The van der Waals surface area contributed by atoms with E-state index in [1.807, 2.05) is 42.5 Å². The summed E-state index contributed by atoms with van der Waals surface area (Å²) in [4.78, 5) is 10.7. The largest absolute Gasteiger partial charge is 0.480 e. The second kappa shape index (κ2) is 6.16. The number of hydrogen-bond acceptors (Lipinski definition) is 2. The van der Waals surface area contributed by atoms with Crippen LogP contribution in [0.1, 0.15) is 16.7 Å². The molecule has 0 saturated heterocycles. The van der Waals surface area contributed by atoms with Crippen LogP contribution in [0.5, 0.6) is 0 Å². The summed E-state index contributed by atoms with van der Waals surface area (Å²) in [5.74, 6) is -0.964. The van der Waals surface area contributed by atoms with Crippen molar-refractivity contribution in [1.82, 2.24) is 0 Å². The Labute approximate surface area is 112 Å². The quantitative estimate of drug-likeness (QED) is 0.861. The Morgan fingerprint density at radius 2 is 1.47 bits per heavy atom. The number of nitrogens with two attached hydrogens (primary N) is 1. The van der Waals surface area contributed by atoms with Crippen LogP contribution in [0.4, 0.5) is 0 Å². The first-order chi connectivity index (χ1) is 9.15. The summed E-state index contributed by atoms with van der Waals surface area (Å²) < 4.78 is 0. The third kappa shape index (κ3) is 3.93. The van der Waals surface area contributed by atoms with Gasteiger partial charge in [-0.25, -0.2) is 0 Å². The topological polar surface area (TPSA) is 63.3 Å². The van der Waals surface area contributed by atoms with Crippen molar-refractivity contribution in [2.45, 2.75) is 18.9 Å². The lowest BCUT2D eigenvalue weighted by molar-refractivity contribution is -0.138. The van der Waals surface area contributed by atoms with Crippen LogP contribution >= 0.6 is 0 Å². The molecule has 2 aromatic carbocycles. The first kappa shape index (κ1) is 13.3. The molecule has 2 aromatic rings. The maximum atomic E-state index is 10.7. The van der Waals surface area contributed by atoms with E-state index in [0.29, 0.717) is 6.42 Å². The molecular weight excluding hydrogens is 238 g/mol. The minimum absolute atomic E-state index is 0.362. The SMILES string of the molecule is NC(Cc1ccc(Cc2ccccc2)cc1)C(=O)O. The van der Waals surface area contributed by atoms with Crippen molar-refractivity contribution >= 4 is 5.97 Å². The number of carboxylic acid groups (broad SMARTS) is 1. The zero-order valence-corrected chi connectivity index (χ0v) is 10.6. The molecule has 0 heterocycles. The maximum Gasteiger partial charge on any atom is 0.320 e.